The fourth-order valence-corrected chi connectivity index (χ4v) is 11.7. The van der Waals surface area contributed by atoms with Crippen LogP contribution >= 0.6 is 0 Å². The fraction of sp³-hybridized carbons (Fsp3) is 0.930. The van der Waals surface area contributed by atoms with Crippen LogP contribution in [0.15, 0.2) is 24.3 Å². The summed E-state index contributed by atoms with van der Waals surface area (Å²) in [4.78, 5) is 13.1. The lowest BCUT2D eigenvalue weighted by Crippen LogP contribution is -2.60. The number of aliphatic hydroxyl groups is 5. The van der Waals surface area contributed by atoms with E-state index in [0.717, 1.165) is 38.5 Å². The first kappa shape index (κ1) is 76.7. The average Bonchev–Trinajstić information content (AvgIpc) is 3.46. The molecule has 0 aliphatic carbocycles. The van der Waals surface area contributed by atoms with Crippen molar-refractivity contribution in [2.45, 2.75) is 410 Å². The van der Waals surface area contributed by atoms with E-state index >= 15 is 0 Å². The van der Waals surface area contributed by atoms with E-state index in [2.05, 4.69) is 31.3 Å². The molecule has 9 heteroatoms. The molecule has 0 aromatic carbocycles. The average molecular weight is 1130 g/mol. The summed E-state index contributed by atoms with van der Waals surface area (Å²) in [5.74, 6) is -0.169. The van der Waals surface area contributed by atoms with Crippen molar-refractivity contribution in [3.8, 4) is 0 Å². The fourth-order valence-electron chi connectivity index (χ4n) is 11.7. The molecular weight excluding hydrogens is 995 g/mol. The number of ether oxygens (including phenoxy) is 2. The summed E-state index contributed by atoms with van der Waals surface area (Å²) >= 11 is 0. The number of aliphatic hydroxyl groups excluding tert-OH is 5. The van der Waals surface area contributed by atoms with Gasteiger partial charge in [-0.3, -0.25) is 4.79 Å². The second-order valence-corrected chi connectivity index (χ2v) is 25.0. The highest BCUT2D eigenvalue weighted by Gasteiger charge is 2.44. The first-order chi connectivity index (χ1) is 39.3. The van der Waals surface area contributed by atoms with Gasteiger partial charge in [-0.25, -0.2) is 0 Å². The Morgan fingerprint density at radius 2 is 0.700 bits per heavy atom. The Kier molecular flexibility index (Phi) is 58.3. The zero-order valence-electron chi connectivity index (χ0n) is 53.1. The van der Waals surface area contributed by atoms with E-state index in [9.17, 15) is 30.3 Å². The number of unbranched alkanes of at least 4 members (excludes halogenated alkanes) is 51. The summed E-state index contributed by atoms with van der Waals surface area (Å²) in [6, 6.07) is -0.804. The Morgan fingerprint density at radius 1 is 0.412 bits per heavy atom. The third-order valence-corrected chi connectivity index (χ3v) is 17.3. The zero-order valence-corrected chi connectivity index (χ0v) is 53.1. The number of allylic oxidation sites excluding steroid dienone is 3. The summed E-state index contributed by atoms with van der Waals surface area (Å²) in [7, 11) is 0. The molecule has 6 N–H and O–H groups in total. The zero-order chi connectivity index (χ0) is 57.9. The van der Waals surface area contributed by atoms with Gasteiger partial charge in [0.15, 0.2) is 6.29 Å². The van der Waals surface area contributed by atoms with Crippen molar-refractivity contribution in [2.24, 2.45) is 0 Å². The lowest BCUT2D eigenvalue weighted by Gasteiger charge is -2.40. The Balaban J connectivity index is 2.10. The minimum atomic E-state index is -1.57. The smallest absolute Gasteiger partial charge is 0.220 e. The largest absolute Gasteiger partial charge is 0.394 e. The van der Waals surface area contributed by atoms with Crippen molar-refractivity contribution >= 4 is 5.91 Å². The van der Waals surface area contributed by atoms with Crippen LogP contribution in [0.5, 0.6) is 0 Å². The van der Waals surface area contributed by atoms with Crippen molar-refractivity contribution in [3.63, 3.8) is 0 Å². The Bertz CT molecular complexity index is 1310. The molecule has 0 bridgehead atoms. The van der Waals surface area contributed by atoms with Gasteiger partial charge in [0.2, 0.25) is 5.91 Å². The van der Waals surface area contributed by atoms with Gasteiger partial charge < -0.3 is 40.3 Å². The van der Waals surface area contributed by atoms with E-state index in [1.165, 1.54) is 308 Å². The van der Waals surface area contributed by atoms with Crippen LogP contribution in [0.1, 0.15) is 367 Å². The van der Waals surface area contributed by atoms with E-state index in [0.29, 0.717) is 6.42 Å². The van der Waals surface area contributed by atoms with Gasteiger partial charge in [0.05, 0.1) is 25.4 Å². The molecular formula is C71H137NO8. The van der Waals surface area contributed by atoms with Crippen molar-refractivity contribution in [1.29, 1.82) is 0 Å². The maximum absolute atomic E-state index is 13.1. The summed E-state index contributed by atoms with van der Waals surface area (Å²) < 4.78 is 11.3. The van der Waals surface area contributed by atoms with Crippen molar-refractivity contribution in [1.82, 2.24) is 5.32 Å². The third-order valence-electron chi connectivity index (χ3n) is 17.3. The van der Waals surface area contributed by atoms with Crippen LogP contribution in [0.25, 0.3) is 0 Å². The SMILES string of the molecule is CCCCCCCCCCCCCC/C=C\CCCCCCCCCCCCCCCCCCCC(=O)NC(COC1OC(CO)C(O)C(O)C1O)C(O)/C=C/CCCCCCCCCCCCCCCCCCCCCCCC. The van der Waals surface area contributed by atoms with Crippen LogP contribution in [0.3, 0.4) is 0 Å². The number of nitrogens with one attached hydrogen (secondary N) is 1. The Labute approximate surface area is 496 Å². The molecule has 1 aliphatic heterocycles. The van der Waals surface area contributed by atoms with Crippen molar-refractivity contribution in [3.05, 3.63) is 24.3 Å². The van der Waals surface area contributed by atoms with Gasteiger partial charge in [-0.1, -0.05) is 340 Å². The van der Waals surface area contributed by atoms with Crippen LogP contribution < -0.4 is 5.32 Å². The van der Waals surface area contributed by atoms with Gasteiger partial charge in [0.25, 0.3) is 0 Å². The lowest BCUT2D eigenvalue weighted by molar-refractivity contribution is -0.302. The molecule has 9 nitrogen and oxygen atoms in total. The van der Waals surface area contributed by atoms with E-state index in [1.54, 1.807) is 6.08 Å². The molecule has 80 heavy (non-hydrogen) atoms. The number of hydrogen-bond acceptors (Lipinski definition) is 8. The summed E-state index contributed by atoms with van der Waals surface area (Å²) in [5.41, 5.74) is 0. The molecule has 0 saturated carbocycles. The maximum atomic E-state index is 13.1. The molecule has 1 heterocycles. The Morgan fingerprint density at radius 3 is 1.01 bits per heavy atom. The monoisotopic (exact) mass is 1130 g/mol. The summed E-state index contributed by atoms with van der Waals surface area (Å²) in [6.07, 6.45) is 72.9. The molecule has 1 amide bonds. The van der Waals surface area contributed by atoms with Crippen LogP contribution in [-0.2, 0) is 14.3 Å². The molecule has 0 aromatic heterocycles. The topological polar surface area (TPSA) is 149 Å². The second kappa shape index (κ2) is 60.8. The summed E-state index contributed by atoms with van der Waals surface area (Å²) in [6.45, 7) is 3.84. The number of carbonyl (C=O) groups is 1. The molecule has 7 unspecified atom stereocenters. The minimum absolute atomic E-state index is 0.169. The van der Waals surface area contributed by atoms with Crippen LogP contribution in [0.2, 0.25) is 0 Å². The number of hydrogen-bond donors (Lipinski definition) is 6. The van der Waals surface area contributed by atoms with E-state index in [-0.39, 0.29) is 12.5 Å². The Hall–Kier alpha value is -1.33. The second-order valence-electron chi connectivity index (χ2n) is 25.0. The van der Waals surface area contributed by atoms with Gasteiger partial charge in [0, 0.05) is 6.42 Å². The van der Waals surface area contributed by atoms with Gasteiger partial charge in [-0.15, -0.1) is 0 Å². The molecule has 0 spiro atoms. The molecule has 0 aromatic rings. The van der Waals surface area contributed by atoms with E-state index in [1.807, 2.05) is 6.08 Å². The molecule has 474 valence electrons. The van der Waals surface area contributed by atoms with Crippen molar-refractivity contribution < 1.29 is 39.8 Å². The van der Waals surface area contributed by atoms with E-state index < -0.39 is 49.5 Å². The number of rotatable bonds is 63. The highest BCUT2D eigenvalue weighted by molar-refractivity contribution is 5.76. The van der Waals surface area contributed by atoms with Crippen LogP contribution in [0.4, 0.5) is 0 Å². The number of amides is 1. The van der Waals surface area contributed by atoms with E-state index in [4.69, 9.17) is 9.47 Å². The van der Waals surface area contributed by atoms with Crippen molar-refractivity contribution in [2.75, 3.05) is 13.2 Å². The predicted octanol–water partition coefficient (Wildman–Crippen LogP) is 19.3. The molecule has 7 atom stereocenters. The molecule has 1 aliphatic rings. The normalized spacial score (nSPS) is 18.5. The minimum Gasteiger partial charge on any atom is -0.394 e. The summed E-state index contributed by atoms with van der Waals surface area (Å²) in [5, 5.41) is 54.8. The van der Waals surface area contributed by atoms with Gasteiger partial charge in [-0.05, 0) is 44.9 Å². The quantitative estimate of drug-likeness (QED) is 0.0261. The molecule has 0 radical (unpaired) electrons. The first-order valence-corrected chi connectivity index (χ1v) is 35.6. The first-order valence-electron chi connectivity index (χ1n) is 35.6. The standard InChI is InChI=1S/C71H137NO8/c1-3-5-7-9-11-13-15-17-19-21-23-25-27-29-30-31-32-33-34-35-36-37-39-41-43-45-47-49-51-53-55-57-59-61-67(75)72-64(63-79-71-70(78)69(77)68(76)66(62-73)80-71)65(74)60-58-56-54-52-50-48-46-44-42-40-38-28-26-24-22-20-18-16-14-12-10-8-6-4-2/h29-30,58,60,64-66,68-71,73-74,76-78H,3-28,31-57,59,61-63H2,1-2H3,(H,72,75)/b30-29-,60-58+. The van der Waals surface area contributed by atoms with Crippen LogP contribution in [-0.4, -0.2) is 87.5 Å². The van der Waals surface area contributed by atoms with Gasteiger partial charge in [-0.2, -0.15) is 0 Å². The lowest BCUT2D eigenvalue weighted by atomic mass is 9.99. The highest BCUT2D eigenvalue weighted by atomic mass is 16.7. The highest BCUT2D eigenvalue weighted by Crippen LogP contribution is 2.24. The predicted molar refractivity (Wildman–Crippen MR) is 341 cm³/mol. The molecule has 1 fully saturated rings. The molecule has 1 rings (SSSR count). The van der Waals surface area contributed by atoms with Gasteiger partial charge in [0.1, 0.15) is 24.4 Å². The third kappa shape index (κ3) is 49.0. The maximum Gasteiger partial charge on any atom is 0.220 e. The number of carbonyl (C=O) groups excluding carboxylic acids is 1. The molecule has 1 saturated heterocycles. The van der Waals surface area contributed by atoms with Gasteiger partial charge >= 0.3 is 0 Å². The van der Waals surface area contributed by atoms with Crippen LogP contribution in [0, 0.1) is 0 Å².